The minimum absolute atomic E-state index is 1.10. The topological polar surface area (TPSA) is 15.8 Å². The normalized spacial score (nSPS) is 14.2. The molecule has 1 aliphatic carbocycles. The molecule has 0 spiro atoms. The number of aromatic nitrogens is 1. The van der Waals surface area contributed by atoms with E-state index in [1.54, 1.807) is 0 Å². The van der Waals surface area contributed by atoms with Crippen LogP contribution in [0.2, 0.25) is 0 Å². The molecule has 1 N–H and O–H groups in total. The first-order valence-corrected chi connectivity index (χ1v) is 6.77. The molecule has 2 aromatic carbocycles. The van der Waals surface area contributed by atoms with Gasteiger partial charge in [-0.1, -0.05) is 48.5 Å². The van der Waals surface area contributed by atoms with Gasteiger partial charge in [-0.2, -0.15) is 0 Å². The minimum Gasteiger partial charge on any atom is -0.358 e. The smallest absolute Gasteiger partial charge is 0.0462 e. The van der Waals surface area contributed by atoms with E-state index in [0.717, 1.165) is 12.8 Å². The Morgan fingerprint density at radius 2 is 1.58 bits per heavy atom. The molecule has 0 fully saturated rings. The maximum absolute atomic E-state index is 3.54. The number of aromatic amines is 1. The van der Waals surface area contributed by atoms with Crippen LogP contribution in [0.1, 0.15) is 23.2 Å². The third kappa shape index (κ3) is 1.70. The summed E-state index contributed by atoms with van der Waals surface area (Å²) >= 11 is 0. The third-order valence-corrected chi connectivity index (χ3v) is 3.94. The van der Waals surface area contributed by atoms with Gasteiger partial charge in [-0.05, 0) is 36.1 Å². The number of rotatable bonds is 1. The van der Waals surface area contributed by atoms with Gasteiger partial charge in [0.15, 0.2) is 0 Å². The van der Waals surface area contributed by atoms with E-state index in [1.165, 1.54) is 33.3 Å². The van der Waals surface area contributed by atoms with Gasteiger partial charge in [-0.3, -0.25) is 0 Å². The molecule has 19 heavy (non-hydrogen) atoms. The molecule has 0 saturated heterocycles. The average molecular weight is 245 g/mol. The molecule has 1 heteroatoms. The molecule has 0 bridgehead atoms. The summed E-state index contributed by atoms with van der Waals surface area (Å²) in [6, 6.07) is 19.3. The number of H-pyrrole nitrogens is 1. The lowest BCUT2D eigenvalue weighted by molar-refractivity contribution is 0.964. The molecule has 1 aromatic heterocycles. The Morgan fingerprint density at radius 3 is 2.47 bits per heavy atom. The molecule has 1 nitrogen and oxygen atoms in total. The number of fused-ring (bicyclic) bond motifs is 3. The van der Waals surface area contributed by atoms with E-state index in [0.29, 0.717) is 0 Å². The first-order valence-electron chi connectivity index (χ1n) is 6.77. The Bertz CT molecular complexity index is 763. The van der Waals surface area contributed by atoms with Gasteiger partial charge in [0, 0.05) is 22.2 Å². The first-order chi connectivity index (χ1) is 9.42. The van der Waals surface area contributed by atoms with Crippen LogP contribution in [0.15, 0.2) is 54.6 Å². The second kappa shape index (κ2) is 4.13. The Morgan fingerprint density at radius 1 is 0.789 bits per heavy atom. The van der Waals surface area contributed by atoms with Crippen LogP contribution in [0.5, 0.6) is 0 Å². The third-order valence-electron chi connectivity index (χ3n) is 3.94. The molecule has 3 aromatic rings. The van der Waals surface area contributed by atoms with Crippen LogP contribution in [-0.2, 0) is 6.42 Å². The van der Waals surface area contributed by atoms with Crippen molar-refractivity contribution in [2.75, 3.05) is 0 Å². The standard InChI is InChI=1S/C18H15N/c1-2-6-13(7-3-1)14-10-11-18-16(12-14)15-8-4-5-9-17(15)19-18/h1-9,12,19H,10-11H2. The van der Waals surface area contributed by atoms with Crippen LogP contribution in [0.3, 0.4) is 0 Å². The molecule has 0 radical (unpaired) electrons. The molecule has 0 amide bonds. The van der Waals surface area contributed by atoms with Crippen molar-refractivity contribution in [3.8, 4) is 0 Å². The van der Waals surface area contributed by atoms with Crippen LogP contribution < -0.4 is 0 Å². The second-order valence-corrected chi connectivity index (χ2v) is 5.10. The number of hydrogen-bond acceptors (Lipinski definition) is 0. The van der Waals surface area contributed by atoms with Gasteiger partial charge in [-0.25, -0.2) is 0 Å². The quantitative estimate of drug-likeness (QED) is 0.642. The summed E-state index contributed by atoms with van der Waals surface area (Å²) in [4.78, 5) is 3.54. The maximum atomic E-state index is 3.54. The van der Waals surface area contributed by atoms with Crippen molar-refractivity contribution in [2.45, 2.75) is 12.8 Å². The molecule has 1 heterocycles. The van der Waals surface area contributed by atoms with E-state index in [4.69, 9.17) is 0 Å². The molecule has 92 valence electrons. The Kier molecular flexibility index (Phi) is 2.31. The minimum atomic E-state index is 1.10. The Hall–Kier alpha value is -2.28. The zero-order chi connectivity index (χ0) is 12.7. The zero-order valence-corrected chi connectivity index (χ0v) is 10.7. The lowest BCUT2D eigenvalue weighted by atomic mass is 9.91. The highest BCUT2D eigenvalue weighted by Crippen LogP contribution is 2.34. The maximum Gasteiger partial charge on any atom is 0.0462 e. The molecular weight excluding hydrogens is 230 g/mol. The number of benzene rings is 2. The molecule has 1 aliphatic rings. The summed E-state index contributed by atoms with van der Waals surface area (Å²) in [6.07, 6.45) is 4.57. The van der Waals surface area contributed by atoms with Crippen molar-refractivity contribution in [2.24, 2.45) is 0 Å². The van der Waals surface area contributed by atoms with Crippen molar-refractivity contribution >= 4 is 22.6 Å². The van der Waals surface area contributed by atoms with Gasteiger partial charge in [0.2, 0.25) is 0 Å². The molecule has 4 rings (SSSR count). The van der Waals surface area contributed by atoms with E-state index in [9.17, 15) is 0 Å². The fraction of sp³-hybridized carbons (Fsp3) is 0.111. The van der Waals surface area contributed by atoms with Crippen LogP contribution in [0, 0.1) is 0 Å². The van der Waals surface area contributed by atoms with Gasteiger partial charge >= 0.3 is 0 Å². The van der Waals surface area contributed by atoms with Gasteiger partial charge in [0.25, 0.3) is 0 Å². The fourth-order valence-corrected chi connectivity index (χ4v) is 2.97. The molecular formula is C18H15N. The number of aryl methyl sites for hydroxylation is 1. The van der Waals surface area contributed by atoms with Crippen molar-refractivity contribution in [3.05, 3.63) is 71.4 Å². The lowest BCUT2D eigenvalue weighted by Crippen LogP contribution is -1.97. The predicted octanol–water partition coefficient (Wildman–Crippen LogP) is 4.65. The molecule has 0 saturated carbocycles. The Labute approximate surface area is 112 Å². The number of nitrogens with one attached hydrogen (secondary N) is 1. The number of hydrogen-bond donors (Lipinski definition) is 1. The second-order valence-electron chi connectivity index (χ2n) is 5.10. The molecule has 0 atom stereocenters. The highest BCUT2D eigenvalue weighted by Gasteiger charge is 2.15. The average Bonchev–Trinajstić information content (AvgIpc) is 2.86. The van der Waals surface area contributed by atoms with E-state index in [1.807, 2.05) is 0 Å². The van der Waals surface area contributed by atoms with Crippen LogP contribution in [0.4, 0.5) is 0 Å². The molecule has 0 aliphatic heterocycles. The van der Waals surface area contributed by atoms with Crippen molar-refractivity contribution in [1.82, 2.24) is 4.98 Å². The summed E-state index contributed by atoms with van der Waals surface area (Å²) in [5, 5.41) is 1.34. The van der Waals surface area contributed by atoms with E-state index in [-0.39, 0.29) is 0 Å². The van der Waals surface area contributed by atoms with E-state index in [2.05, 4.69) is 65.7 Å². The predicted molar refractivity (Wildman–Crippen MR) is 80.9 cm³/mol. The lowest BCUT2D eigenvalue weighted by Gasteiger charge is -2.13. The van der Waals surface area contributed by atoms with Gasteiger partial charge in [0.05, 0.1) is 0 Å². The zero-order valence-electron chi connectivity index (χ0n) is 10.7. The Balaban J connectivity index is 1.91. The van der Waals surface area contributed by atoms with E-state index < -0.39 is 0 Å². The van der Waals surface area contributed by atoms with Crippen LogP contribution in [0.25, 0.3) is 22.6 Å². The van der Waals surface area contributed by atoms with Crippen molar-refractivity contribution in [3.63, 3.8) is 0 Å². The SMILES string of the molecule is C1=C(c2ccccc2)CCc2[nH]c3ccccc3c21. The summed E-state index contributed by atoms with van der Waals surface area (Å²) in [7, 11) is 0. The van der Waals surface area contributed by atoms with Crippen LogP contribution >= 0.6 is 0 Å². The summed E-state index contributed by atoms with van der Waals surface area (Å²) in [5.41, 5.74) is 6.79. The van der Waals surface area contributed by atoms with Crippen molar-refractivity contribution < 1.29 is 0 Å². The summed E-state index contributed by atoms with van der Waals surface area (Å²) < 4.78 is 0. The van der Waals surface area contributed by atoms with Gasteiger partial charge in [-0.15, -0.1) is 0 Å². The number of para-hydroxylation sites is 1. The summed E-state index contributed by atoms with van der Waals surface area (Å²) in [6.45, 7) is 0. The fourth-order valence-electron chi connectivity index (χ4n) is 2.97. The monoisotopic (exact) mass is 245 g/mol. The van der Waals surface area contributed by atoms with Gasteiger partial charge < -0.3 is 4.98 Å². The highest BCUT2D eigenvalue weighted by atomic mass is 14.7. The van der Waals surface area contributed by atoms with E-state index >= 15 is 0 Å². The van der Waals surface area contributed by atoms with Crippen LogP contribution in [-0.4, -0.2) is 4.98 Å². The molecule has 0 unspecified atom stereocenters. The largest absolute Gasteiger partial charge is 0.358 e. The van der Waals surface area contributed by atoms with Gasteiger partial charge in [0.1, 0.15) is 0 Å². The van der Waals surface area contributed by atoms with Crippen molar-refractivity contribution in [1.29, 1.82) is 0 Å². The summed E-state index contributed by atoms with van der Waals surface area (Å²) in [5.74, 6) is 0. The first kappa shape index (κ1) is 10.6. The number of allylic oxidation sites excluding steroid dienone is 1. The highest BCUT2D eigenvalue weighted by molar-refractivity contribution is 5.97.